The lowest BCUT2D eigenvalue weighted by molar-refractivity contribution is 0.612. The minimum atomic E-state index is -2.48. The third kappa shape index (κ3) is 2.67. The highest BCUT2D eigenvalue weighted by atomic mass is 32.2. The monoisotopic (exact) mass is 173 g/mol. The van der Waals surface area contributed by atoms with Crippen LogP contribution >= 0.6 is 0 Å². The molecule has 0 fully saturated rings. The molecule has 2 nitrogen and oxygen atoms in total. The van der Waals surface area contributed by atoms with Gasteiger partial charge in [0, 0.05) is 0 Å². The highest BCUT2D eigenvalue weighted by Crippen LogP contribution is 2.03. The Hall–Kier alpha value is -0.900. The minimum absolute atomic E-state index is 0.121. The van der Waals surface area contributed by atoms with Crippen LogP contribution in [-0.4, -0.2) is 8.42 Å². The molecule has 1 aromatic carbocycles. The first-order valence-corrected chi connectivity index (χ1v) is 4.32. The molecule has 0 amide bonds. The van der Waals surface area contributed by atoms with Gasteiger partial charge in [-0.3, -0.25) is 0 Å². The molecule has 11 heavy (non-hydrogen) atoms. The molecule has 0 heterocycles. The van der Waals surface area contributed by atoms with E-state index in [0.29, 0.717) is 5.56 Å². The van der Waals surface area contributed by atoms with Gasteiger partial charge < -0.3 is 0 Å². The molecule has 0 bridgehead atoms. The van der Waals surface area contributed by atoms with Crippen LogP contribution in [0.1, 0.15) is 5.56 Å². The summed E-state index contributed by atoms with van der Waals surface area (Å²) in [5.41, 5.74) is 0.432. The molecule has 59 valence electrons. The van der Waals surface area contributed by atoms with Gasteiger partial charge in [-0.1, -0.05) is 0 Å². The fourth-order valence-corrected chi connectivity index (χ4v) is 1.21. The van der Waals surface area contributed by atoms with E-state index in [1.807, 2.05) is 0 Å². The third-order valence-electron chi connectivity index (χ3n) is 1.12. The lowest BCUT2D eigenvalue weighted by atomic mass is 10.2. The van der Waals surface area contributed by atoms with Crippen LogP contribution in [0.2, 0.25) is 0 Å². The maximum Gasteiger partial charge on any atom is 0.144 e. The molecule has 0 spiro atoms. The van der Waals surface area contributed by atoms with Crippen LogP contribution in [0.4, 0.5) is 4.39 Å². The summed E-state index contributed by atoms with van der Waals surface area (Å²) in [4.78, 5) is 0. The van der Waals surface area contributed by atoms with Crippen molar-refractivity contribution in [2.24, 2.45) is 0 Å². The van der Waals surface area contributed by atoms with Crippen LogP contribution in [-0.2, 0) is 16.5 Å². The molecule has 0 atom stereocenters. The first kappa shape index (κ1) is 8.20. The van der Waals surface area contributed by atoms with Gasteiger partial charge in [0.15, 0.2) is 0 Å². The molecular formula is C7H6FO2S. The SMILES string of the molecule is O=[SH](=O)Cc1c[c]cc(F)c1. The largest absolute Gasteiger partial charge is 0.232 e. The molecule has 0 aliphatic carbocycles. The Morgan fingerprint density at radius 1 is 1.45 bits per heavy atom. The molecule has 4 heteroatoms. The van der Waals surface area contributed by atoms with Gasteiger partial charge in [-0.05, 0) is 29.8 Å². The van der Waals surface area contributed by atoms with Crippen molar-refractivity contribution in [3.05, 3.63) is 35.6 Å². The van der Waals surface area contributed by atoms with Crippen molar-refractivity contribution in [2.75, 3.05) is 0 Å². The number of thiol groups is 1. The second-order valence-electron chi connectivity index (χ2n) is 2.05. The van der Waals surface area contributed by atoms with Crippen LogP contribution in [0.15, 0.2) is 18.2 Å². The highest BCUT2D eigenvalue weighted by Gasteiger charge is 1.95. The Morgan fingerprint density at radius 2 is 2.18 bits per heavy atom. The zero-order valence-electron chi connectivity index (χ0n) is 5.58. The van der Waals surface area contributed by atoms with Gasteiger partial charge >= 0.3 is 0 Å². The lowest BCUT2D eigenvalue weighted by Gasteiger charge is -1.92. The van der Waals surface area contributed by atoms with Gasteiger partial charge in [-0.2, -0.15) is 0 Å². The Bertz CT molecular complexity index is 312. The molecule has 1 radical (unpaired) electrons. The standard InChI is InChI=1S/C7H6FO2S/c8-7-3-1-2-6(4-7)5-11(9)10/h2-4,11H,5H2. The van der Waals surface area contributed by atoms with E-state index in [4.69, 9.17) is 0 Å². The van der Waals surface area contributed by atoms with Gasteiger partial charge in [0.1, 0.15) is 16.5 Å². The van der Waals surface area contributed by atoms with Gasteiger partial charge in [0.05, 0.1) is 5.75 Å². The molecule has 0 saturated carbocycles. The number of hydrogen-bond donors (Lipinski definition) is 1. The molecule has 0 N–H and O–H groups in total. The van der Waals surface area contributed by atoms with Crippen molar-refractivity contribution >= 4 is 10.7 Å². The quantitative estimate of drug-likeness (QED) is 0.669. The fourth-order valence-electron chi connectivity index (χ4n) is 0.729. The summed E-state index contributed by atoms with van der Waals surface area (Å²) in [6.07, 6.45) is 0. The first-order valence-electron chi connectivity index (χ1n) is 2.96. The van der Waals surface area contributed by atoms with Crippen LogP contribution < -0.4 is 0 Å². The first-order chi connectivity index (χ1) is 5.18. The predicted molar refractivity (Wildman–Crippen MR) is 39.3 cm³/mol. The van der Waals surface area contributed by atoms with Crippen molar-refractivity contribution < 1.29 is 12.8 Å². The van der Waals surface area contributed by atoms with Crippen LogP contribution in [0.3, 0.4) is 0 Å². The predicted octanol–water partition coefficient (Wildman–Crippen LogP) is 0.737. The van der Waals surface area contributed by atoms with E-state index in [9.17, 15) is 12.8 Å². The van der Waals surface area contributed by atoms with Crippen LogP contribution in [0.25, 0.3) is 0 Å². The van der Waals surface area contributed by atoms with E-state index in [2.05, 4.69) is 6.07 Å². The van der Waals surface area contributed by atoms with Crippen molar-refractivity contribution in [2.45, 2.75) is 5.75 Å². The topological polar surface area (TPSA) is 34.1 Å². The summed E-state index contributed by atoms with van der Waals surface area (Å²) in [5.74, 6) is -0.580. The van der Waals surface area contributed by atoms with Crippen molar-refractivity contribution in [1.82, 2.24) is 0 Å². The smallest absolute Gasteiger partial charge is 0.144 e. The minimum Gasteiger partial charge on any atom is -0.232 e. The van der Waals surface area contributed by atoms with Crippen molar-refractivity contribution in [1.29, 1.82) is 0 Å². The Balaban J connectivity index is 2.87. The maximum absolute atomic E-state index is 12.4. The summed E-state index contributed by atoms with van der Waals surface area (Å²) >= 11 is 0. The average Bonchev–Trinajstić information content (AvgIpc) is 1.85. The average molecular weight is 173 g/mol. The molecule has 0 saturated heterocycles. The molecule has 0 aliphatic rings. The van der Waals surface area contributed by atoms with E-state index < -0.39 is 16.5 Å². The van der Waals surface area contributed by atoms with Gasteiger partial charge in [-0.25, -0.2) is 12.8 Å². The molecule has 1 aromatic rings. The number of rotatable bonds is 2. The number of halogens is 1. The lowest BCUT2D eigenvalue weighted by Crippen LogP contribution is -1.87. The molecular weight excluding hydrogens is 167 g/mol. The molecule has 1 rings (SSSR count). The summed E-state index contributed by atoms with van der Waals surface area (Å²) < 4.78 is 32.8. The van der Waals surface area contributed by atoms with Crippen molar-refractivity contribution in [3.63, 3.8) is 0 Å². The van der Waals surface area contributed by atoms with Crippen LogP contribution in [0, 0.1) is 11.9 Å². The maximum atomic E-state index is 12.4. The molecule has 0 aromatic heterocycles. The summed E-state index contributed by atoms with van der Waals surface area (Å²) in [6.45, 7) is 0. The Morgan fingerprint density at radius 3 is 2.73 bits per heavy atom. The summed E-state index contributed by atoms with van der Waals surface area (Å²) in [5, 5.41) is 0. The Labute approximate surface area is 65.6 Å². The summed E-state index contributed by atoms with van der Waals surface area (Å²) in [6, 6.07) is 6.28. The summed E-state index contributed by atoms with van der Waals surface area (Å²) in [7, 11) is -2.48. The van der Waals surface area contributed by atoms with Crippen LogP contribution in [0.5, 0.6) is 0 Å². The van der Waals surface area contributed by atoms with E-state index in [1.165, 1.54) is 12.1 Å². The van der Waals surface area contributed by atoms with Crippen molar-refractivity contribution in [3.8, 4) is 0 Å². The van der Waals surface area contributed by atoms with E-state index in [0.717, 1.165) is 6.07 Å². The van der Waals surface area contributed by atoms with Gasteiger partial charge in [0.2, 0.25) is 0 Å². The third-order valence-corrected chi connectivity index (χ3v) is 1.75. The van der Waals surface area contributed by atoms with Gasteiger partial charge in [0.25, 0.3) is 0 Å². The second-order valence-corrected chi connectivity index (χ2v) is 3.03. The van der Waals surface area contributed by atoms with E-state index >= 15 is 0 Å². The zero-order valence-corrected chi connectivity index (χ0v) is 6.48. The van der Waals surface area contributed by atoms with Gasteiger partial charge in [-0.15, -0.1) is 0 Å². The Kier molecular flexibility index (Phi) is 2.59. The zero-order chi connectivity index (χ0) is 8.27. The molecule has 0 unspecified atom stereocenters. The normalized spacial score (nSPS) is 10.4. The molecule has 0 aliphatic heterocycles. The van der Waals surface area contributed by atoms with E-state index in [1.54, 1.807) is 0 Å². The number of hydrogen-bond acceptors (Lipinski definition) is 2. The highest BCUT2D eigenvalue weighted by molar-refractivity contribution is 7.71. The van der Waals surface area contributed by atoms with E-state index in [-0.39, 0.29) is 5.75 Å². The fraction of sp³-hybridized carbons (Fsp3) is 0.143. The number of benzene rings is 1. The second kappa shape index (κ2) is 3.48.